The zero-order chi connectivity index (χ0) is 20.4. The smallest absolute Gasteiger partial charge is 0.351 e. The van der Waals surface area contributed by atoms with Crippen molar-refractivity contribution in [2.24, 2.45) is 4.99 Å². The molecule has 0 unspecified atom stereocenters. The molecule has 0 amide bonds. The van der Waals surface area contributed by atoms with Gasteiger partial charge in [-0.05, 0) is 37.3 Å². The molecule has 0 radical (unpaired) electrons. The average molecular weight is 391 g/mol. The van der Waals surface area contributed by atoms with Crippen molar-refractivity contribution in [2.75, 3.05) is 6.61 Å². The van der Waals surface area contributed by atoms with Gasteiger partial charge in [-0.25, -0.2) is 14.6 Å². The van der Waals surface area contributed by atoms with Crippen molar-refractivity contribution in [1.82, 2.24) is 9.97 Å². The van der Waals surface area contributed by atoms with E-state index >= 15 is 0 Å². The van der Waals surface area contributed by atoms with Gasteiger partial charge >= 0.3 is 11.6 Å². The Balaban J connectivity index is 1.68. The minimum atomic E-state index is -0.839. The number of aliphatic imine (C=N–C) groups is 1. The summed E-state index contributed by atoms with van der Waals surface area (Å²) in [5, 5.41) is 10.7. The van der Waals surface area contributed by atoms with Gasteiger partial charge in [-0.1, -0.05) is 12.1 Å². The van der Waals surface area contributed by atoms with Gasteiger partial charge in [0.25, 0.3) is 0 Å². The number of aromatic nitrogens is 2. The summed E-state index contributed by atoms with van der Waals surface area (Å²) < 4.78 is 10.2. The minimum absolute atomic E-state index is 0.0992. The highest BCUT2D eigenvalue weighted by Crippen LogP contribution is 2.25. The fourth-order valence-electron chi connectivity index (χ4n) is 2.98. The highest BCUT2D eigenvalue weighted by molar-refractivity contribution is 6.01. The van der Waals surface area contributed by atoms with Crippen molar-refractivity contribution in [1.29, 1.82) is 0 Å². The van der Waals surface area contributed by atoms with Crippen molar-refractivity contribution in [3.8, 4) is 5.75 Å². The van der Waals surface area contributed by atoms with Crippen LogP contribution in [0.15, 0.2) is 56.7 Å². The highest BCUT2D eigenvalue weighted by atomic mass is 16.5. The summed E-state index contributed by atoms with van der Waals surface area (Å²) in [5.74, 6) is -0.192. The van der Waals surface area contributed by atoms with Crippen LogP contribution in [0.4, 0.5) is 0 Å². The molecule has 2 aromatic heterocycles. The topological polar surface area (TPSA) is 118 Å². The summed E-state index contributed by atoms with van der Waals surface area (Å²) in [6.07, 6.45) is 1.41. The fraction of sp³-hybridized carbons (Fsp3) is 0.143. The summed E-state index contributed by atoms with van der Waals surface area (Å²) in [4.78, 5) is 36.0. The average Bonchev–Trinajstić information content (AvgIpc) is 3.12. The zero-order valence-corrected chi connectivity index (χ0v) is 15.5. The predicted octanol–water partition coefficient (Wildman–Crippen LogP) is 3.17. The van der Waals surface area contributed by atoms with Gasteiger partial charge in [0.2, 0.25) is 0 Å². The summed E-state index contributed by atoms with van der Waals surface area (Å²) in [5.41, 5.74) is 1.08. The molecule has 0 atom stereocenters. The first-order chi connectivity index (χ1) is 14.1. The Morgan fingerprint density at radius 3 is 2.93 bits per heavy atom. The number of nitrogens with zero attached hydrogens (tertiary/aromatic N) is 2. The van der Waals surface area contributed by atoms with Crippen LogP contribution in [-0.2, 0) is 11.3 Å². The van der Waals surface area contributed by atoms with Gasteiger partial charge in [0, 0.05) is 11.6 Å². The number of carbonyl (C=O) groups excluding carboxylic acids is 1. The van der Waals surface area contributed by atoms with Crippen LogP contribution in [0.5, 0.6) is 5.75 Å². The number of imidazole rings is 1. The minimum Gasteiger partial charge on any atom is -0.507 e. The molecule has 8 heteroatoms. The Kier molecular flexibility index (Phi) is 4.82. The Morgan fingerprint density at radius 2 is 2.14 bits per heavy atom. The molecule has 0 saturated heterocycles. The van der Waals surface area contributed by atoms with E-state index in [0.717, 1.165) is 11.0 Å². The van der Waals surface area contributed by atoms with E-state index in [1.807, 2.05) is 24.3 Å². The molecule has 29 heavy (non-hydrogen) atoms. The Morgan fingerprint density at radius 1 is 1.31 bits per heavy atom. The summed E-state index contributed by atoms with van der Waals surface area (Å²) >= 11 is 0. The van der Waals surface area contributed by atoms with Crippen LogP contribution in [0.2, 0.25) is 0 Å². The number of ether oxygens (including phenoxy) is 1. The fourth-order valence-corrected chi connectivity index (χ4v) is 2.98. The lowest BCUT2D eigenvalue weighted by Gasteiger charge is -2.05. The van der Waals surface area contributed by atoms with Crippen LogP contribution in [0.3, 0.4) is 0 Å². The number of hydrogen-bond donors (Lipinski definition) is 2. The van der Waals surface area contributed by atoms with Crippen molar-refractivity contribution in [3.05, 3.63) is 69.8 Å². The van der Waals surface area contributed by atoms with Crippen LogP contribution in [0.1, 0.15) is 28.7 Å². The first-order valence-electron chi connectivity index (χ1n) is 8.97. The molecule has 0 spiro atoms. The summed E-state index contributed by atoms with van der Waals surface area (Å²) in [7, 11) is 0. The lowest BCUT2D eigenvalue weighted by atomic mass is 10.1. The maximum absolute atomic E-state index is 12.2. The molecular weight excluding hydrogens is 374 g/mol. The quantitative estimate of drug-likeness (QED) is 0.306. The molecule has 2 aromatic carbocycles. The van der Waals surface area contributed by atoms with Gasteiger partial charge in [0.05, 0.1) is 29.7 Å². The van der Waals surface area contributed by atoms with Crippen molar-refractivity contribution >= 4 is 34.2 Å². The molecule has 0 aliphatic rings. The number of para-hydroxylation sites is 2. The molecular formula is C21H17N3O5. The molecule has 8 nitrogen and oxygen atoms in total. The standard InChI is InChI=1S/C21H17N3O5/c1-2-28-20(26)13-9-12-7-8-17(25)14(19(12)29-21(13)27)10-22-11-18-23-15-5-3-4-6-16(15)24-18/h3-10,25H,2,11H2,1H3,(H,23,24). The Labute approximate surface area is 164 Å². The van der Waals surface area contributed by atoms with E-state index in [0.29, 0.717) is 11.2 Å². The van der Waals surface area contributed by atoms with Gasteiger partial charge in [0.1, 0.15) is 17.1 Å². The number of benzene rings is 2. The number of nitrogens with one attached hydrogen (secondary N) is 1. The maximum Gasteiger partial charge on any atom is 0.351 e. The van der Waals surface area contributed by atoms with Crippen molar-refractivity contribution in [2.45, 2.75) is 13.5 Å². The molecule has 0 fully saturated rings. The Hall–Kier alpha value is -3.94. The van der Waals surface area contributed by atoms with E-state index in [1.54, 1.807) is 13.0 Å². The highest BCUT2D eigenvalue weighted by Gasteiger charge is 2.17. The molecule has 2 N–H and O–H groups in total. The van der Waals surface area contributed by atoms with Gasteiger partial charge < -0.3 is 19.2 Å². The normalized spacial score (nSPS) is 11.5. The molecule has 0 saturated carbocycles. The van der Waals surface area contributed by atoms with Gasteiger partial charge in [-0.2, -0.15) is 0 Å². The van der Waals surface area contributed by atoms with Crippen LogP contribution in [0.25, 0.3) is 22.0 Å². The number of phenols is 1. The molecule has 0 aliphatic heterocycles. The number of carbonyl (C=O) groups is 1. The zero-order valence-electron chi connectivity index (χ0n) is 15.5. The summed E-state index contributed by atoms with van der Waals surface area (Å²) in [6, 6.07) is 12.0. The van der Waals surface area contributed by atoms with E-state index < -0.39 is 11.6 Å². The molecule has 0 bridgehead atoms. The largest absolute Gasteiger partial charge is 0.507 e. The Bertz CT molecular complexity index is 1270. The van der Waals surface area contributed by atoms with E-state index in [1.165, 1.54) is 18.3 Å². The number of aromatic hydroxyl groups is 1. The number of hydrogen-bond acceptors (Lipinski definition) is 7. The number of fused-ring (bicyclic) bond motifs is 2. The molecule has 4 aromatic rings. The van der Waals surface area contributed by atoms with E-state index in [2.05, 4.69) is 15.0 Å². The monoisotopic (exact) mass is 391 g/mol. The summed E-state index contributed by atoms with van der Waals surface area (Å²) in [6.45, 7) is 2.04. The predicted molar refractivity (Wildman–Crippen MR) is 107 cm³/mol. The van der Waals surface area contributed by atoms with Crippen molar-refractivity contribution in [3.63, 3.8) is 0 Å². The van der Waals surface area contributed by atoms with Crippen LogP contribution in [-0.4, -0.2) is 33.9 Å². The van der Waals surface area contributed by atoms with E-state index in [9.17, 15) is 14.7 Å². The third-order valence-corrected chi connectivity index (χ3v) is 4.31. The molecule has 4 rings (SSSR count). The van der Waals surface area contributed by atoms with Crippen LogP contribution < -0.4 is 5.63 Å². The second-order valence-electron chi connectivity index (χ2n) is 6.26. The van der Waals surface area contributed by atoms with Gasteiger partial charge in [-0.3, -0.25) is 4.99 Å². The second-order valence-corrected chi connectivity index (χ2v) is 6.26. The maximum atomic E-state index is 12.2. The number of aromatic amines is 1. The van der Waals surface area contributed by atoms with Crippen LogP contribution in [0, 0.1) is 0 Å². The van der Waals surface area contributed by atoms with Crippen LogP contribution >= 0.6 is 0 Å². The number of phenolic OH excluding ortho intramolecular Hbond substituents is 1. The molecule has 0 aliphatic carbocycles. The first-order valence-corrected chi connectivity index (χ1v) is 8.97. The SMILES string of the molecule is CCOC(=O)c1cc2ccc(O)c(C=NCc3nc4ccccc4[nH]3)c2oc1=O. The molecule has 146 valence electrons. The number of esters is 1. The first kappa shape index (κ1) is 18.4. The molecule has 2 heterocycles. The second kappa shape index (κ2) is 7.59. The number of rotatable bonds is 5. The van der Waals surface area contributed by atoms with E-state index in [-0.39, 0.29) is 35.6 Å². The third kappa shape index (κ3) is 3.60. The van der Waals surface area contributed by atoms with Gasteiger partial charge in [0.15, 0.2) is 5.58 Å². The van der Waals surface area contributed by atoms with Crippen molar-refractivity contribution < 1.29 is 19.1 Å². The van der Waals surface area contributed by atoms with Gasteiger partial charge in [-0.15, -0.1) is 0 Å². The third-order valence-electron chi connectivity index (χ3n) is 4.31. The van der Waals surface area contributed by atoms with E-state index in [4.69, 9.17) is 9.15 Å². The number of H-pyrrole nitrogens is 1. The lowest BCUT2D eigenvalue weighted by molar-refractivity contribution is 0.0522. The lowest BCUT2D eigenvalue weighted by Crippen LogP contribution is -2.16.